The van der Waals surface area contributed by atoms with E-state index in [4.69, 9.17) is 13.9 Å². The average molecular weight is 383 g/mol. The smallest absolute Gasteiger partial charge is 0.192 e. The standard InChI is InChI=1S/C21H38O4Si/c1-18(2,3)26(8,9)23-13-21-11-15-17(25-20(6,7)24-15)16(22)14(21)10-19(4,5)12-21/h14-15,17H,10-13H2,1-9H3/t14-,15+,17+,21-/m0/s1. The molecule has 5 heteroatoms. The van der Waals surface area contributed by atoms with Crippen molar-refractivity contribution in [2.45, 2.75) is 104 Å². The van der Waals surface area contributed by atoms with Crippen molar-refractivity contribution in [3.63, 3.8) is 0 Å². The summed E-state index contributed by atoms with van der Waals surface area (Å²) in [7, 11) is -1.87. The van der Waals surface area contributed by atoms with E-state index in [1.54, 1.807) is 0 Å². The normalized spacial score (nSPS) is 39.0. The highest BCUT2D eigenvalue weighted by Crippen LogP contribution is 2.60. The zero-order valence-electron chi connectivity index (χ0n) is 18.2. The zero-order chi connectivity index (χ0) is 19.8. The first-order chi connectivity index (χ1) is 11.6. The topological polar surface area (TPSA) is 44.8 Å². The molecule has 26 heavy (non-hydrogen) atoms. The van der Waals surface area contributed by atoms with E-state index in [1.165, 1.54) is 0 Å². The fraction of sp³-hybridized carbons (Fsp3) is 0.952. The Bertz CT molecular complexity index is 589. The molecule has 0 amide bonds. The molecular weight excluding hydrogens is 344 g/mol. The maximum absolute atomic E-state index is 13.3. The molecule has 1 heterocycles. The van der Waals surface area contributed by atoms with Gasteiger partial charge in [-0.3, -0.25) is 4.79 Å². The van der Waals surface area contributed by atoms with Gasteiger partial charge in [-0.1, -0.05) is 34.6 Å². The second kappa shape index (κ2) is 5.88. The molecule has 0 aromatic rings. The molecule has 4 atom stereocenters. The molecule has 0 spiro atoms. The van der Waals surface area contributed by atoms with Crippen molar-refractivity contribution in [3.05, 3.63) is 0 Å². The van der Waals surface area contributed by atoms with Gasteiger partial charge in [0.15, 0.2) is 19.9 Å². The second-order valence-corrected chi connectivity index (χ2v) is 16.5. The highest BCUT2D eigenvalue weighted by atomic mass is 28.4. The van der Waals surface area contributed by atoms with Gasteiger partial charge in [0, 0.05) is 17.9 Å². The molecule has 0 bridgehead atoms. The Morgan fingerprint density at radius 1 is 1.12 bits per heavy atom. The summed E-state index contributed by atoms with van der Waals surface area (Å²) in [5.74, 6) is -0.391. The molecule has 1 aliphatic heterocycles. The van der Waals surface area contributed by atoms with Crippen LogP contribution < -0.4 is 0 Å². The van der Waals surface area contributed by atoms with E-state index in [1.807, 2.05) is 13.8 Å². The second-order valence-electron chi connectivity index (χ2n) is 11.7. The van der Waals surface area contributed by atoms with Gasteiger partial charge >= 0.3 is 0 Å². The summed E-state index contributed by atoms with van der Waals surface area (Å²) in [6.45, 7) is 20.5. The fourth-order valence-electron chi connectivity index (χ4n) is 5.11. The summed E-state index contributed by atoms with van der Waals surface area (Å²) < 4.78 is 18.8. The van der Waals surface area contributed by atoms with E-state index in [0.717, 1.165) is 19.3 Å². The molecule has 2 aliphatic carbocycles. The number of hydrogen-bond donors (Lipinski definition) is 0. The molecule has 1 saturated heterocycles. The van der Waals surface area contributed by atoms with Crippen LogP contribution in [0.3, 0.4) is 0 Å². The summed E-state index contributed by atoms with van der Waals surface area (Å²) in [5, 5.41) is 0.170. The Morgan fingerprint density at radius 3 is 2.31 bits per heavy atom. The van der Waals surface area contributed by atoms with Crippen LogP contribution in [-0.2, 0) is 18.7 Å². The number of carbonyl (C=O) groups is 1. The molecule has 150 valence electrons. The van der Waals surface area contributed by atoms with Gasteiger partial charge < -0.3 is 13.9 Å². The van der Waals surface area contributed by atoms with Crippen molar-refractivity contribution >= 4 is 14.1 Å². The first-order valence-corrected chi connectivity index (χ1v) is 13.0. The number of ether oxygens (including phenoxy) is 2. The average Bonchev–Trinajstić information content (AvgIpc) is 2.88. The highest BCUT2D eigenvalue weighted by Gasteiger charge is 2.63. The number of carbonyl (C=O) groups excluding carboxylic acids is 1. The number of ketones is 1. The maximum Gasteiger partial charge on any atom is 0.192 e. The van der Waals surface area contributed by atoms with Gasteiger partial charge in [-0.15, -0.1) is 0 Å². The summed E-state index contributed by atoms with van der Waals surface area (Å²) >= 11 is 0. The van der Waals surface area contributed by atoms with Gasteiger partial charge in [0.05, 0.1) is 6.10 Å². The van der Waals surface area contributed by atoms with E-state index in [0.29, 0.717) is 6.61 Å². The van der Waals surface area contributed by atoms with Gasteiger partial charge in [-0.05, 0) is 56.7 Å². The molecule has 0 unspecified atom stereocenters. The number of fused-ring (bicyclic) bond motifs is 2. The molecule has 2 saturated carbocycles. The van der Waals surface area contributed by atoms with Crippen LogP contribution in [0.4, 0.5) is 0 Å². The first-order valence-electron chi connectivity index (χ1n) is 10.1. The van der Waals surface area contributed by atoms with E-state index in [-0.39, 0.29) is 33.7 Å². The predicted octanol–water partition coefficient (Wildman–Crippen LogP) is 4.92. The van der Waals surface area contributed by atoms with Crippen molar-refractivity contribution in [2.24, 2.45) is 16.7 Å². The molecule has 0 aromatic carbocycles. The molecule has 4 nitrogen and oxygen atoms in total. The predicted molar refractivity (Wildman–Crippen MR) is 106 cm³/mol. The lowest BCUT2D eigenvalue weighted by atomic mass is 9.66. The van der Waals surface area contributed by atoms with Gasteiger partial charge in [0.2, 0.25) is 0 Å². The molecular formula is C21H38O4Si. The van der Waals surface area contributed by atoms with Gasteiger partial charge in [-0.2, -0.15) is 0 Å². The van der Waals surface area contributed by atoms with Crippen LogP contribution in [-0.4, -0.2) is 38.7 Å². The monoisotopic (exact) mass is 382 g/mol. The van der Waals surface area contributed by atoms with Crippen LogP contribution in [0.2, 0.25) is 18.1 Å². The summed E-state index contributed by atoms with van der Waals surface area (Å²) in [5.41, 5.74) is 0.0479. The minimum Gasteiger partial charge on any atom is -0.416 e. The summed E-state index contributed by atoms with van der Waals surface area (Å²) in [6.07, 6.45) is 2.29. The molecule has 3 fully saturated rings. The Morgan fingerprint density at radius 2 is 1.73 bits per heavy atom. The maximum atomic E-state index is 13.3. The Labute approximate surface area is 160 Å². The molecule has 0 N–H and O–H groups in total. The lowest BCUT2D eigenvalue weighted by Crippen LogP contribution is -2.53. The van der Waals surface area contributed by atoms with Gasteiger partial charge in [0.25, 0.3) is 0 Å². The lowest BCUT2D eigenvalue weighted by molar-refractivity contribution is -0.155. The first kappa shape index (κ1) is 20.5. The van der Waals surface area contributed by atoms with Crippen molar-refractivity contribution in [1.82, 2.24) is 0 Å². The number of rotatable bonds is 3. The SMILES string of the molecule is CC1(C)C[C@H]2C(=O)[C@@H]3OC(C)(C)O[C@@H]3C[C@@]2(CO[Si](C)(C)C(C)(C)C)C1. The minimum absolute atomic E-state index is 0.0287. The Kier molecular flexibility index (Phi) is 4.64. The third-order valence-corrected chi connectivity index (χ3v) is 11.7. The lowest BCUT2D eigenvalue weighted by Gasteiger charge is -2.45. The van der Waals surface area contributed by atoms with Crippen LogP contribution in [0.1, 0.15) is 67.7 Å². The molecule has 3 aliphatic rings. The van der Waals surface area contributed by atoms with Crippen molar-refractivity contribution in [3.8, 4) is 0 Å². The van der Waals surface area contributed by atoms with E-state index >= 15 is 0 Å². The van der Waals surface area contributed by atoms with Crippen molar-refractivity contribution in [2.75, 3.05) is 6.61 Å². The Hall–Kier alpha value is -0.233. The zero-order valence-corrected chi connectivity index (χ0v) is 19.2. The third-order valence-electron chi connectivity index (χ3n) is 7.27. The van der Waals surface area contributed by atoms with Crippen LogP contribution in [0, 0.1) is 16.7 Å². The quantitative estimate of drug-likeness (QED) is 0.650. The van der Waals surface area contributed by atoms with Crippen LogP contribution in [0.15, 0.2) is 0 Å². The molecule has 0 radical (unpaired) electrons. The number of hydrogen-bond acceptors (Lipinski definition) is 4. The third kappa shape index (κ3) is 3.45. The van der Waals surface area contributed by atoms with Crippen LogP contribution in [0.5, 0.6) is 0 Å². The Balaban J connectivity index is 1.88. The molecule has 0 aromatic heterocycles. The van der Waals surface area contributed by atoms with Gasteiger partial charge in [-0.25, -0.2) is 0 Å². The summed E-state index contributed by atoms with van der Waals surface area (Å²) in [4.78, 5) is 13.3. The molecule has 3 rings (SSSR count). The van der Waals surface area contributed by atoms with Crippen molar-refractivity contribution in [1.29, 1.82) is 0 Å². The minimum atomic E-state index is -1.87. The highest BCUT2D eigenvalue weighted by molar-refractivity contribution is 6.74. The van der Waals surface area contributed by atoms with E-state index in [2.05, 4.69) is 47.7 Å². The van der Waals surface area contributed by atoms with Crippen LogP contribution >= 0.6 is 0 Å². The van der Waals surface area contributed by atoms with E-state index in [9.17, 15) is 4.79 Å². The van der Waals surface area contributed by atoms with Crippen LogP contribution in [0.25, 0.3) is 0 Å². The van der Waals surface area contributed by atoms with Crippen molar-refractivity contribution < 1.29 is 18.7 Å². The fourth-order valence-corrected chi connectivity index (χ4v) is 6.19. The summed E-state index contributed by atoms with van der Waals surface area (Å²) in [6, 6.07) is 0. The number of Topliss-reactive ketones (excluding diaryl/α,β-unsaturated/α-hetero) is 1. The van der Waals surface area contributed by atoms with Gasteiger partial charge in [0.1, 0.15) is 6.10 Å². The van der Waals surface area contributed by atoms with E-state index < -0.39 is 20.2 Å². The largest absolute Gasteiger partial charge is 0.416 e.